The molecule has 2 aromatic rings. The Morgan fingerprint density at radius 1 is 0.818 bits per heavy atom. The molecule has 2 fully saturated rings. The molecule has 5 nitrogen and oxygen atoms in total. The van der Waals surface area contributed by atoms with Gasteiger partial charge in [-0.25, -0.2) is 13.8 Å². The molecule has 0 radical (unpaired) electrons. The lowest BCUT2D eigenvalue weighted by Crippen LogP contribution is -2.34. The Labute approximate surface area is 182 Å². The van der Waals surface area contributed by atoms with Crippen LogP contribution in [0.25, 0.3) is 11.1 Å². The zero-order valence-corrected chi connectivity index (χ0v) is 16.7. The normalized spacial score (nSPS) is 16.5. The number of carbonyl (C=O) groups is 2. The first kappa shape index (κ1) is 23.0. The Morgan fingerprint density at radius 2 is 1.30 bits per heavy atom. The molecule has 0 atom stereocenters. The minimum atomic E-state index is -6.13. The number of halogens is 7. The number of carbonyl (C=O) groups excluding carboxylic acids is 2. The van der Waals surface area contributed by atoms with Gasteiger partial charge in [0.05, 0.1) is 5.56 Å². The van der Waals surface area contributed by atoms with E-state index in [9.17, 15) is 40.3 Å². The largest absolute Gasteiger partial charge is 0.458 e. The quantitative estimate of drug-likeness (QED) is 0.552. The first-order valence-corrected chi connectivity index (χ1v) is 9.95. The SMILES string of the molecule is O=C(Nc1cc(-c2ccc(C(F)(F)C(F)(F)F)c(F)c2F)cc(NC(=O)C2CC2)n1)C1CC1. The third-order valence-corrected chi connectivity index (χ3v) is 5.31. The fourth-order valence-electron chi connectivity index (χ4n) is 3.13. The van der Waals surface area contributed by atoms with Crippen LogP contribution in [-0.2, 0) is 15.5 Å². The van der Waals surface area contributed by atoms with E-state index in [2.05, 4.69) is 15.6 Å². The fourth-order valence-corrected chi connectivity index (χ4v) is 3.13. The highest BCUT2D eigenvalue weighted by Crippen LogP contribution is 2.46. The van der Waals surface area contributed by atoms with E-state index < -0.39 is 34.9 Å². The van der Waals surface area contributed by atoms with Crippen molar-refractivity contribution in [1.29, 1.82) is 0 Å². The van der Waals surface area contributed by atoms with E-state index in [-0.39, 0.29) is 46.9 Å². The number of hydrogen-bond acceptors (Lipinski definition) is 3. The third kappa shape index (κ3) is 4.64. The molecule has 1 heterocycles. The number of hydrogen-bond donors (Lipinski definition) is 2. The molecule has 0 aliphatic heterocycles. The summed E-state index contributed by atoms with van der Waals surface area (Å²) in [4.78, 5) is 28.2. The highest BCUT2D eigenvalue weighted by Gasteiger charge is 2.60. The van der Waals surface area contributed by atoms with Gasteiger partial charge in [-0.15, -0.1) is 0 Å². The maximum absolute atomic E-state index is 14.7. The predicted octanol–water partition coefficient (Wildman–Crippen LogP) is 5.38. The molecular formula is C21H16F7N3O2. The molecule has 1 aromatic heterocycles. The molecule has 2 aliphatic rings. The van der Waals surface area contributed by atoms with E-state index in [0.29, 0.717) is 31.7 Å². The average molecular weight is 475 g/mol. The van der Waals surface area contributed by atoms with E-state index in [1.54, 1.807) is 0 Å². The Morgan fingerprint density at radius 3 is 1.73 bits per heavy atom. The van der Waals surface area contributed by atoms with Gasteiger partial charge < -0.3 is 10.6 Å². The van der Waals surface area contributed by atoms with Crippen molar-refractivity contribution >= 4 is 23.5 Å². The Kier molecular flexibility index (Phi) is 5.57. The van der Waals surface area contributed by atoms with E-state index >= 15 is 0 Å². The summed E-state index contributed by atoms with van der Waals surface area (Å²) in [6, 6.07) is 2.92. The Bertz CT molecular complexity index is 1080. The lowest BCUT2D eigenvalue weighted by atomic mass is 9.99. The van der Waals surface area contributed by atoms with Gasteiger partial charge in [0.15, 0.2) is 11.6 Å². The fraction of sp³-hybridized carbons (Fsp3) is 0.381. The first-order chi connectivity index (χ1) is 15.4. The second kappa shape index (κ2) is 7.99. The molecule has 2 aliphatic carbocycles. The van der Waals surface area contributed by atoms with Crippen molar-refractivity contribution in [2.75, 3.05) is 10.6 Å². The third-order valence-electron chi connectivity index (χ3n) is 5.31. The van der Waals surface area contributed by atoms with Crippen molar-refractivity contribution in [3.05, 3.63) is 41.5 Å². The molecule has 176 valence electrons. The van der Waals surface area contributed by atoms with Crippen LogP contribution >= 0.6 is 0 Å². The zero-order valence-electron chi connectivity index (χ0n) is 16.7. The molecule has 0 saturated heterocycles. The van der Waals surface area contributed by atoms with Crippen LogP contribution in [0, 0.1) is 23.5 Å². The minimum Gasteiger partial charge on any atom is -0.310 e. The highest BCUT2D eigenvalue weighted by molar-refractivity contribution is 5.96. The van der Waals surface area contributed by atoms with Crippen LogP contribution in [0.2, 0.25) is 0 Å². The van der Waals surface area contributed by atoms with E-state index in [0.717, 1.165) is 12.1 Å². The highest BCUT2D eigenvalue weighted by atomic mass is 19.4. The van der Waals surface area contributed by atoms with Crippen LogP contribution in [0.4, 0.5) is 42.4 Å². The number of pyridine rings is 1. The summed E-state index contributed by atoms with van der Waals surface area (Å²) < 4.78 is 94.0. The number of anilines is 2. The van der Waals surface area contributed by atoms with Crippen molar-refractivity contribution in [2.45, 2.75) is 37.8 Å². The topological polar surface area (TPSA) is 71.1 Å². The lowest BCUT2D eigenvalue weighted by Gasteiger charge is -2.21. The molecule has 0 unspecified atom stereocenters. The summed E-state index contributed by atoms with van der Waals surface area (Å²) >= 11 is 0. The molecule has 0 bridgehead atoms. The van der Waals surface area contributed by atoms with Gasteiger partial charge in [-0.2, -0.15) is 22.0 Å². The number of alkyl halides is 5. The van der Waals surface area contributed by atoms with Crippen molar-refractivity contribution in [1.82, 2.24) is 4.98 Å². The van der Waals surface area contributed by atoms with E-state index in [4.69, 9.17) is 0 Å². The van der Waals surface area contributed by atoms with Gasteiger partial charge in [-0.05, 0) is 49.4 Å². The van der Waals surface area contributed by atoms with Crippen LogP contribution in [0.5, 0.6) is 0 Å². The van der Waals surface area contributed by atoms with Crippen LogP contribution < -0.4 is 10.6 Å². The van der Waals surface area contributed by atoms with Gasteiger partial charge in [0.25, 0.3) is 0 Å². The molecule has 2 amide bonds. The van der Waals surface area contributed by atoms with Gasteiger partial charge in [0, 0.05) is 17.4 Å². The predicted molar refractivity (Wildman–Crippen MR) is 102 cm³/mol. The average Bonchev–Trinajstić information content (AvgIpc) is 3.61. The molecule has 2 saturated carbocycles. The number of rotatable bonds is 6. The summed E-state index contributed by atoms with van der Waals surface area (Å²) in [5.41, 5.74) is -3.00. The standard InChI is InChI=1S/C21H16F7N3O2/c22-16-12(5-6-13(17(16)23)20(24,25)21(26,27)28)11-7-14(30-18(32)9-1-2-9)29-15(8-11)31-19(33)10-3-4-10/h5-10H,1-4H2,(H2,29,30,31,32,33). The van der Waals surface area contributed by atoms with Crippen molar-refractivity contribution < 1.29 is 40.3 Å². The maximum atomic E-state index is 14.7. The second-order valence-electron chi connectivity index (χ2n) is 8.01. The smallest absolute Gasteiger partial charge is 0.310 e. The van der Waals surface area contributed by atoms with Gasteiger partial charge in [0.2, 0.25) is 11.8 Å². The number of nitrogens with zero attached hydrogens (tertiary/aromatic N) is 1. The molecule has 1 aromatic carbocycles. The summed E-state index contributed by atoms with van der Waals surface area (Å²) in [6.07, 6.45) is -3.49. The van der Waals surface area contributed by atoms with Crippen LogP contribution in [0.3, 0.4) is 0 Å². The lowest BCUT2D eigenvalue weighted by molar-refractivity contribution is -0.290. The monoisotopic (exact) mass is 475 g/mol. The number of aromatic nitrogens is 1. The second-order valence-corrected chi connectivity index (χ2v) is 8.01. The van der Waals surface area contributed by atoms with Gasteiger partial charge in [-0.1, -0.05) is 6.07 Å². The number of nitrogens with one attached hydrogen (secondary N) is 2. The number of amides is 2. The first-order valence-electron chi connectivity index (χ1n) is 9.95. The van der Waals surface area contributed by atoms with Gasteiger partial charge in [-0.3, -0.25) is 9.59 Å². The molecular weight excluding hydrogens is 459 g/mol. The van der Waals surface area contributed by atoms with Gasteiger partial charge in [0.1, 0.15) is 11.6 Å². The zero-order chi connectivity index (χ0) is 24.1. The Hall–Kier alpha value is -3.18. The maximum Gasteiger partial charge on any atom is 0.458 e. The minimum absolute atomic E-state index is 0.125. The van der Waals surface area contributed by atoms with Crippen LogP contribution in [0.15, 0.2) is 24.3 Å². The van der Waals surface area contributed by atoms with E-state index in [1.807, 2.05) is 0 Å². The molecule has 33 heavy (non-hydrogen) atoms. The van der Waals surface area contributed by atoms with Crippen molar-refractivity contribution in [2.24, 2.45) is 11.8 Å². The van der Waals surface area contributed by atoms with Crippen LogP contribution in [-0.4, -0.2) is 23.0 Å². The van der Waals surface area contributed by atoms with Crippen LogP contribution in [0.1, 0.15) is 31.2 Å². The van der Waals surface area contributed by atoms with Crippen molar-refractivity contribution in [3.63, 3.8) is 0 Å². The summed E-state index contributed by atoms with van der Waals surface area (Å²) in [5.74, 6) is -11.4. The molecule has 4 rings (SSSR count). The molecule has 12 heteroatoms. The van der Waals surface area contributed by atoms with E-state index in [1.165, 1.54) is 0 Å². The Balaban J connectivity index is 1.74. The summed E-state index contributed by atoms with van der Waals surface area (Å²) in [6.45, 7) is 0. The van der Waals surface area contributed by atoms with Crippen molar-refractivity contribution in [3.8, 4) is 11.1 Å². The summed E-state index contributed by atoms with van der Waals surface area (Å²) in [5, 5.41) is 4.95. The molecule has 0 spiro atoms. The van der Waals surface area contributed by atoms with Gasteiger partial charge >= 0.3 is 12.1 Å². The summed E-state index contributed by atoms with van der Waals surface area (Å²) in [7, 11) is 0. The molecule has 2 N–H and O–H groups in total. The number of benzene rings is 1.